The molecular weight excluding hydrogens is 336 g/mol. The SMILES string of the molecule is C[N+]1(CCC(=O)Nc2ccccc2)CCOC(c2ccc(Cl)cc2)C1. The second-order valence-electron chi connectivity index (χ2n) is 6.82. The van der Waals surface area contributed by atoms with Crippen molar-refractivity contribution in [2.24, 2.45) is 0 Å². The van der Waals surface area contributed by atoms with Gasteiger partial charge in [-0.15, -0.1) is 0 Å². The van der Waals surface area contributed by atoms with E-state index in [2.05, 4.69) is 12.4 Å². The smallest absolute Gasteiger partial charge is 0.230 e. The number of ether oxygens (including phenoxy) is 1. The third kappa shape index (κ3) is 5.05. The molecule has 1 fully saturated rings. The molecule has 132 valence electrons. The van der Waals surface area contributed by atoms with E-state index in [9.17, 15) is 4.79 Å². The number of carbonyl (C=O) groups excluding carboxylic acids is 1. The van der Waals surface area contributed by atoms with Crippen LogP contribution in [0, 0.1) is 0 Å². The molecule has 5 heteroatoms. The van der Waals surface area contributed by atoms with Gasteiger partial charge in [0, 0.05) is 10.7 Å². The van der Waals surface area contributed by atoms with Crippen LogP contribution in [0.2, 0.25) is 5.02 Å². The second-order valence-corrected chi connectivity index (χ2v) is 7.26. The van der Waals surface area contributed by atoms with Gasteiger partial charge in [0.05, 0.1) is 26.6 Å². The first-order chi connectivity index (χ1) is 12.0. The van der Waals surface area contributed by atoms with Crippen LogP contribution in [0.3, 0.4) is 0 Å². The van der Waals surface area contributed by atoms with Crippen molar-refractivity contribution in [2.75, 3.05) is 38.6 Å². The number of hydrogen-bond acceptors (Lipinski definition) is 2. The van der Waals surface area contributed by atoms with Gasteiger partial charge in [-0.1, -0.05) is 41.9 Å². The van der Waals surface area contributed by atoms with Gasteiger partial charge in [-0.25, -0.2) is 0 Å². The average Bonchev–Trinajstić information content (AvgIpc) is 2.62. The van der Waals surface area contributed by atoms with Crippen molar-refractivity contribution < 1.29 is 14.0 Å². The Hall–Kier alpha value is -1.88. The lowest BCUT2D eigenvalue weighted by molar-refractivity contribution is -0.920. The molecule has 1 saturated heterocycles. The third-order valence-corrected chi connectivity index (χ3v) is 4.99. The van der Waals surface area contributed by atoms with Gasteiger partial charge in [-0.2, -0.15) is 0 Å². The first-order valence-corrected chi connectivity index (χ1v) is 8.97. The molecule has 1 aliphatic rings. The summed E-state index contributed by atoms with van der Waals surface area (Å²) in [6.45, 7) is 3.28. The number of para-hydroxylation sites is 1. The minimum absolute atomic E-state index is 0.0493. The van der Waals surface area contributed by atoms with Crippen LogP contribution in [0.25, 0.3) is 0 Å². The van der Waals surface area contributed by atoms with Gasteiger partial charge in [0.15, 0.2) is 0 Å². The molecule has 0 saturated carbocycles. The summed E-state index contributed by atoms with van der Waals surface area (Å²) in [5, 5.41) is 3.68. The molecular formula is C20H24ClN2O2+. The van der Waals surface area contributed by atoms with Crippen LogP contribution in [0.1, 0.15) is 18.1 Å². The number of hydrogen-bond donors (Lipinski definition) is 1. The fraction of sp³-hybridized carbons (Fsp3) is 0.350. The van der Waals surface area contributed by atoms with E-state index in [4.69, 9.17) is 16.3 Å². The summed E-state index contributed by atoms with van der Waals surface area (Å²) in [4.78, 5) is 12.2. The molecule has 4 nitrogen and oxygen atoms in total. The van der Waals surface area contributed by atoms with Crippen LogP contribution in [0.5, 0.6) is 0 Å². The van der Waals surface area contributed by atoms with Crippen molar-refractivity contribution in [3.8, 4) is 0 Å². The van der Waals surface area contributed by atoms with Gasteiger partial charge >= 0.3 is 0 Å². The normalized spacial score (nSPS) is 23.2. The number of morpholine rings is 1. The van der Waals surface area contributed by atoms with Crippen LogP contribution >= 0.6 is 11.6 Å². The summed E-state index contributed by atoms with van der Waals surface area (Å²) in [5.74, 6) is 0.0556. The van der Waals surface area contributed by atoms with E-state index in [1.165, 1.54) is 0 Å². The Bertz CT molecular complexity index is 705. The Morgan fingerprint density at radius 1 is 1.20 bits per heavy atom. The molecule has 0 bridgehead atoms. The number of halogens is 1. The first-order valence-electron chi connectivity index (χ1n) is 8.60. The summed E-state index contributed by atoms with van der Waals surface area (Å²) in [6.07, 6.45) is 0.548. The van der Waals surface area contributed by atoms with Crippen LogP contribution < -0.4 is 5.32 Å². The van der Waals surface area contributed by atoms with Gasteiger partial charge in [0.2, 0.25) is 5.91 Å². The Kier molecular flexibility index (Phi) is 5.74. The van der Waals surface area contributed by atoms with E-state index in [0.717, 1.165) is 40.4 Å². The highest BCUT2D eigenvalue weighted by Gasteiger charge is 2.33. The zero-order valence-corrected chi connectivity index (χ0v) is 15.2. The molecule has 25 heavy (non-hydrogen) atoms. The quantitative estimate of drug-likeness (QED) is 0.822. The Morgan fingerprint density at radius 3 is 2.64 bits per heavy atom. The topological polar surface area (TPSA) is 38.3 Å². The Morgan fingerprint density at radius 2 is 1.92 bits per heavy atom. The van der Waals surface area contributed by atoms with Crippen molar-refractivity contribution in [3.05, 3.63) is 65.2 Å². The van der Waals surface area contributed by atoms with Gasteiger partial charge in [0.25, 0.3) is 0 Å². The van der Waals surface area contributed by atoms with Gasteiger partial charge in [-0.3, -0.25) is 4.79 Å². The maximum atomic E-state index is 12.2. The number of quaternary nitrogens is 1. The molecule has 3 rings (SSSR count). The highest BCUT2D eigenvalue weighted by molar-refractivity contribution is 6.30. The lowest BCUT2D eigenvalue weighted by Gasteiger charge is -2.41. The van der Waals surface area contributed by atoms with Gasteiger partial charge < -0.3 is 14.5 Å². The fourth-order valence-corrected chi connectivity index (χ4v) is 3.28. The first kappa shape index (κ1) is 17.9. The molecule has 0 aromatic heterocycles. The molecule has 2 aromatic rings. The fourth-order valence-electron chi connectivity index (χ4n) is 3.16. The maximum Gasteiger partial charge on any atom is 0.230 e. The Balaban J connectivity index is 1.55. The standard InChI is InChI=1S/C20H23ClN2O2/c1-23(12-11-20(24)22-18-5-3-2-4-6-18)13-14-25-19(15-23)16-7-9-17(21)10-8-16/h2-10,19H,11-15H2,1H3/p+1. The molecule has 0 aliphatic carbocycles. The summed E-state index contributed by atoms with van der Waals surface area (Å²) in [6, 6.07) is 17.4. The number of amides is 1. The number of likely N-dealkylation sites (N-methyl/N-ethyl adjacent to an activating group) is 1. The van der Waals surface area contributed by atoms with E-state index in [1.54, 1.807) is 0 Å². The molecule has 1 N–H and O–H groups in total. The van der Waals surface area contributed by atoms with Crippen molar-refractivity contribution in [1.82, 2.24) is 0 Å². The van der Waals surface area contributed by atoms with Crippen molar-refractivity contribution in [2.45, 2.75) is 12.5 Å². The minimum atomic E-state index is 0.0493. The second kappa shape index (κ2) is 8.00. The molecule has 0 spiro atoms. The highest BCUT2D eigenvalue weighted by Crippen LogP contribution is 2.27. The predicted molar refractivity (Wildman–Crippen MR) is 101 cm³/mol. The molecule has 2 unspecified atom stereocenters. The van der Waals surface area contributed by atoms with E-state index < -0.39 is 0 Å². The van der Waals surface area contributed by atoms with E-state index in [0.29, 0.717) is 13.0 Å². The molecule has 2 aromatic carbocycles. The number of nitrogens with zero attached hydrogens (tertiary/aromatic N) is 1. The molecule has 1 aliphatic heterocycles. The lowest BCUT2D eigenvalue weighted by atomic mass is 10.1. The number of anilines is 1. The summed E-state index contributed by atoms with van der Waals surface area (Å²) in [5.41, 5.74) is 1.98. The molecule has 1 heterocycles. The number of nitrogens with one attached hydrogen (secondary N) is 1. The zero-order chi connectivity index (χ0) is 17.7. The lowest BCUT2D eigenvalue weighted by Crippen LogP contribution is -2.53. The third-order valence-electron chi connectivity index (χ3n) is 4.73. The van der Waals surface area contributed by atoms with E-state index >= 15 is 0 Å². The van der Waals surface area contributed by atoms with Crippen LogP contribution in [-0.4, -0.2) is 43.7 Å². The zero-order valence-electron chi connectivity index (χ0n) is 14.5. The molecule has 1 amide bonds. The average molecular weight is 360 g/mol. The van der Waals surface area contributed by atoms with Gasteiger partial charge in [0.1, 0.15) is 19.2 Å². The predicted octanol–water partition coefficient (Wildman–Crippen LogP) is 3.89. The summed E-state index contributed by atoms with van der Waals surface area (Å²) in [7, 11) is 2.20. The monoisotopic (exact) mass is 359 g/mol. The van der Waals surface area contributed by atoms with E-state index in [-0.39, 0.29) is 12.0 Å². The van der Waals surface area contributed by atoms with Crippen LogP contribution in [0.4, 0.5) is 5.69 Å². The summed E-state index contributed by atoms with van der Waals surface area (Å²) >= 11 is 5.97. The molecule has 2 atom stereocenters. The van der Waals surface area contributed by atoms with Gasteiger partial charge in [-0.05, 0) is 29.8 Å². The number of rotatable bonds is 5. The minimum Gasteiger partial charge on any atom is -0.362 e. The van der Waals surface area contributed by atoms with Crippen LogP contribution in [0.15, 0.2) is 54.6 Å². The number of benzene rings is 2. The number of carbonyl (C=O) groups is 1. The van der Waals surface area contributed by atoms with Crippen LogP contribution in [-0.2, 0) is 9.53 Å². The maximum absolute atomic E-state index is 12.2. The van der Waals surface area contributed by atoms with E-state index in [1.807, 2.05) is 54.6 Å². The van der Waals surface area contributed by atoms with Crippen molar-refractivity contribution in [1.29, 1.82) is 0 Å². The summed E-state index contributed by atoms with van der Waals surface area (Å²) < 4.78 is 6.77. The Labute approximate surface area is 154 Å². The molecule has 0 radical (unpaired) electrons. The highest BCUT2D eigenvalue weighted by atomic mass is 35.5. The van der Waals surface area contributed by atoms with Crippen molar-refractivity contribution in [3.63, 3.8) is 0 Å². The van der Waals surface area contributed by atoms with Crippen molar-refractivity contribution >= 4 is 23.2 Å². The largest absolute Gasteiger partial charge is 0.362 e.